The molecular weight excluding hydrogens is 268 g/mol. The minimum absolute atomic E-state index is 0.0138. The minimum atomic E-state index is -1.26. The third kappa shape index (κ3) is 14.2. The zero-order chi connectivity index (χ0) is 14.5. The summed E-state index contributed by atoms with van der Waals surface area (Å²) in [6.07, 6.45) is 0. The SMILES string of the molecule is O=C(O)COOCCOCOCC(=O)OCC(=O)O. The highest BCUT2D eigenvalue weighted by Gasteiger charge is 2.05. The highest BCUT2D eigenvalue weighted by Crippen LogP contribution is 1.85. The predicted octanol–water partition coefficient (Wildman–Crippen LogP) is -1.36. The number of aliphatic carboxylic acids is 2. The maximum Gasteiger partial charge on any atom is 0.341 e. The molecule has 0 aromatic carbocycles. The third-order valence-electron chi connectivity index (χ3n) is 1.32. The second kappa shape index (κ2) is 11.3. The van der Waals surface area contributed by atoms with Crippen LogP contribution in [0.5, 0.6) is 0 Å². The number of hydrogen-bond acceptors (Lipinski definition) is 8. The summed E-state index contributed by atoms with van der Waals surface area (Å²) < 4.78 is 13.8. The van der Waals surface area contributed by atoms with E-state index in [0.29, 0.717) is 0 Å². The molecule has 0 saturated carbocycles. The van der Waals surface area contributed by atoms with E-state index in [4.69, 9.17) is 19.7 Å². The Morgan fingerprint density at radius 2 is 1.47 bits per heavy atom. The number of carboxylic acid groups (broad SMARTS) is 2. The fraction of sp³-hybridized carbons (Fsp3) is 0.667. The van der Waals surface area contributed by atoms with Gasteiger partial charge in [0, 0.05) is 0 Å². The molecule has 0 rings (SSSR count). The van der Waals surface area contributed by atoms with Gasteiger partial charge in [-0.1, -0.05) is 0 Å². The molecule has 10 nitrogen and oxygen atoms in total. The number of ether oxygens (including phenoxy) is 3. The molecule has 0 atom stereocenters. The third-order valence-corrected chi connectivity index (χ3v) is 1.32. The van der Waals surface area contributed by atoms with Crippen LogP contribution < -0.4 is 0 Å². The molecular formula is C9H14O10. The standard InChI is InChI=1S/C9H14O10/c10-7(11)3-17-9(14)5-16-6-15-1-2-18-19-4-8(12)13/h1-6H2,(H,10,11)(H,12,13). The van der Waals surface area contributed by atoms with E-state index < -0.39 is 37.7 Å². The number of rotatable bonds is 12. The fourth-order valence-corrected chi connectivity index (χ4v) is 0.671. The van der Waals surface area contributed by atoms with Gasteiger partial charge in [-0.2, -0.15) is 0 Å². The van der Waals surface area contributed by atoms with Crippen molar-refractivity contribution in [1.29, 1.82) is 0 Å². The summed E-state index contributed by atoms with van der Waals surface area (Å²) in [7, 11) is 0. The lowest BCUT2D eigenvalue weighted by atomic mass is 10.7. The molecule has 0 radical (unpaired) electrons. The molecule has 0 saturated heterocycles. The fourth-order valence-electron chi connectivity index (χ4n) is 0.671. The largest absolute Gasteiger partial charge is 0.479 e. The van der Waals surface area contributed by atoms with Crippen LogP contribution in [0.3, 0.4) is 0 Å². The van der Waals surface area contributed by atoms with Gasteiger partial charge in [-0.05, 0) is 0 Å². The van der Waals surface area contributed by atoms with E-state index >= 15 is 0 Å². The lowest BCUT2D eigenvalue weighted by Crippen LogP contribution is -2.19. The van der Waals surface area contributed by atoms with Crippen LogP contribution in [0.1, 0.15) is 0 Å². The molecule has 0 fully saturated rings. The van der Waals surface area contributed by atoms with Crippen LogP contribution in [-0.2, 0) is 38.4 Å². The Labute approximate surface area is 107 Å². The Kier molecular flexibility index (Phi) is 10.3. The van der Waals surface area contributed by atoms with Crippen molar-refractivity contribution in [3.8, 4) is 0 Å². The lowest BCUT2D eigenvalue weighted by molar-refractivity contribution is -0.298. The van der Waals surface area contributed by atoms with Gasteiger partial charge >= 0.3 is 17.9 Å². The highest BCUT2D eigenvalue weighted by molar-refractivity contribution is 5.75. The van der Waals surface area contributed by atoms with Crippen molar-refractivity contribution in [1.82, 2.24) is 0 Å². The summed E-state index contributed by atoms with van der Waals surface area (Å²) in [5.74, 6) is -3.25. The van der Waals surface area contributed by atoms with Gasteiger partial charge in [0.05, 0.1) is 6.61 Å². The summed E-state index contributed by atoms with van der Waals surface area (Å²) in [5.41, 5.74) is 0. The molecule has 0 aromatic rings. The first-order valence-corrected chi connectivity index (χ1v) is 5.01. The van der Waals surface area contributed by atoms with Gasteiger partial charge in [-0.25, -0.2) is 24.2 Å². The zero-order valence-electron chi connectivity index (χ0n) is 9.90. The number of hydrogen-bond donors (Lipinski definition) is 2. The number of carbonyl (C=O) groups excluding carboxylic acids is 1. The van der Waals surface area contributed by atoms with Gasteiger partial charge in [-0.15, -0.1) is 0 Å². The molecule has 0 unspecified atom stereocenters. The van der Waals surface area contributed by atoms with Gasteiger partial charge in [0.2, 0.25) is 0 Å². The average molecular weight is 282 g/mol. The van der Waals surface area contributed by atoms with E-state index in [1.54, 1.807) is 0 Å². The van der Waals surface area contributed by atoms with E-state index in [1.165, 1.54) is 0 Å². The molecule has 0 spiro atoms. The molecule has 0 aromatic heterocycles. The highest BCUT2D eigenvalue weighted by atomic mass is 17.2. The van der Waals surface area contributed by atoms with Crippen LogP contribution in [0.4, 0.5) is 0 Å². The second-order valence-electron chi connectivity index (χ2n) is 2.91. The molecule has 0 aliphatic heterocycles. The zero-order valence-corrected chi connectivity index (χ0v) is 9.90. The first kappa shape index (κ1) is 17.2. The Morgan fingerprint density at radius 3 is 2.11 bits per heavy atom. The predicted molar refractivity (Wildman–Crippen MR) is 54.9 cm³/mol. The first-order valence-electron chi connectivity index (χ1n) is 5.01. The van der Waals surface area contributed by atoms with E-state index in [2.05, 4.69) is 14.5 Å². The molecule has 0 heterocycles. The first-order chi connectivity index (χ1) is 9.02. The smallest absolute Gasteiger partial charge is 0.341 e. The summed E-state index contributed by atoms with van der Waals surface area (Å²) >= 11 is 0. The number of esters is 1. The van der Waals surface area contributed by atoms with Crippen molar-refractivity contribution in [2.24, 2.45) is 0 Å². The van der Waals surface area contributed by atoms with Gasteiger partial charge in [0.15, 0.2) is 13.2 Å². The van der Waals surface area contributed by atoms with Gasteiger partial charge in [-0.3, -0.25) is 0 Å². The monoisotopic (exact) mass is 282 g/mol. The molecule has 0 aliphatic rings. The second-order valence-corrected chi connectivity index (χ2v) is 2.91. The molecule has 0 amide bonds. The summed E-state index contributed by atoms with van der Waals surface area (Å²) in [4.78, 5) is 39.5. The van der Waals surface area contributed by atoms with E-state index in [9.17, 15) is 14.4 Å². The van der Waals surface area contributed by atoms with Crippen molar-refractivity contribution in [3.63, 3.8) is 0 Å². The normalized spacial score (nSPS) is 10.1. The number of carbonyl (C=O) groups is 3. The van der Waals surface area contributed by atoms with E-state index in [1.807, 2.05) is 0 Å². The van der Waals surface area contributed by atoms with Crippen LogP contribution in [0, 0.1) is 0 Å². The molecule has 19 heavy (non-hydrogen) atoms. The summed E-state index contributed by atoms with van der Waals surface area (Å²) in [6.45, 7) is -1.93. The quantitative estimate of drug-likeness (QED) is 0.145. The van der Waals surface area contributed by atoms with Crippen LogP contribution in [-0.4, -0.2) is 67.9 Å². The maximum absolute atomic E-state index is 10.8. The summed E-state index contributed by atoms with van der Waals surface area (Å²) in [6, 6.07) is 0. The van der Waals surface area contributed by atoms with Crippen molar-refractivity contribution >= 4 is 17.9 Å². The van der Waals surface area contributed by atoms with Crippen LogP contribution in [0.15, 0.2) is 0 Å². The Morgan fingerprint density at radius 1 is 0.789 bits per heavy atom. The van der Waals surface area contributed by atoms with Crippen molar-refractivity contribution in [2.75, 3.05) is 39.8 Å². The Balaban J connectivity index is 3.20. The van der Waals surface area contributed by atoms with E-state index in [0.717, 1.165) is 0 Å². The van der Waals surface area contributed by atoms with Crippen LogP contribution in [0.2, 0.25) is 0 Å². The number of carboxylic acids is 2. The van der Waals surface area contributed by atoms with Crippen LogP contribution in [0.25, 0.3) is 0 Å². The topological polar surface area (TPSA) is 138 Å². The summed E-state index contributed by atoms with van der Waals surface area (Å²) in [5, 5.41) is 16.4. The Hall–Kier alpha value is -1.75. The maximum atomic E-state index is 10.8. The average Bonchev–Trinajstić information content (AvgIpc) is 2.34. The minimum Gasteiger partial charge on any atom is -0.479 e. The van der Waals surface area contributed by atoms with Gasteiger partial charge in [0.25, 0.3) is 0 Å². The van der Waals surface area contributed by atoms with Gasteiger partial charge in [0.1, 0.15) is 20.0 Å². The van der Waals surface area contributed by atoms with Crippen molar-refractivity contribution in [3.05, 3.63) is 0 Å². The molecule has 0 aliphatic carbocycles. The Bertz CT molecular complexity index is 289. The molecule has 10 heteroatoms. The van der Waals surface area contributed by atoms with Crippen molar-refractivity contribution in [2.45, 2.75) is 0 Å². The van der Waals surface area contributed by atoms with E-state index in [-0.39, 0.29) is 20.0 Å². The van der Waals surface area contributed by atoms with Crippen LogP contribution >= 0.6 is 0 Å². The lowest BCUT2D eigenvalue weighted by Gasteiger charge is -2.05. The molecule has 0 bridgehead atoms. The molecule has 2 N–H and O–H groups in total. The molecule has 110 valence electrons. The van der Waals surface area contributed by atoms with Gasteiger partial charge < -0.3 is 24.4 Å². The van der Waals surface area contributed by atoms with Crippen molar-refractivity contribution < 1.29 is 48.6 Å².